The minimum absolute atomic E-state index is 0.134. The Bertz CT molecular complexity index is 280. The first-order valence-corrected chi connectivity index (χ1v) is 4.22. The van der Waals surface area contributed by atoms with Gasteiger partial charge in [0.2, 0.25) is 0 Å². The molecule has 0 heterocycles. The van der Waals surface area contributed by atoms with Gasteiger partial charge < -0.3 is 0 Å². The standard InChI is InChI=1S/C12H16/c1-3-11(4-2)10-12-8-6-5-7-9-12/h3,5-9,11H,1,4,10H2,2H3/i2D,3D. The Kier molecular flexibility index (Phi) is 2.57. The third kappa shape index (κ3) is 2.54. The van der Waals surface area contributed by atoms with Crippen LogP contribution in [0.2, 0.25) is 0 Å². The summed E-state index contributed by atoms with van der Waals surface area (Å²) >= 11 is 0. The van der Waals surface area contributed by atoms with Crippen LogP contribution in [-0.4, -0.2) is 0 Å². The van der Waals surface area contributed by atoms with E-state index in [1.165, 1.54) is 5.56 Å². The maximum absolute atomic E-state index is 7.51. The quantitative estimate of drug-likeness (QED) is 0.595. The number of hydrogen-bond donors (Lipinski definition) is 0. The van der Waals surface area contributed by atoms with Gasteiger partial charge in [-0.05, 0) is 24.3 Å². The van der Waals surface area contributed by atoms with E-state index in [1.54, 1.807) is 0 Å². The maximum atomic E-state index is 7.51. The number of allylic oxidation sites excluding steroid dienone is 1. The van der Waals surface area contributed by atoms with Crippen LogP contribution in [0.5, 0.6) is 0 Å². The van der Waals surface area contributed by atoms with Crippen LogP contribution < -0.4 is 0 Å². The highest BCUT2D eigenvalue weighted by Crippen LogP contribution is 2.12. The second-order valence-electron chi connectivity index (χ2n) is 2.88. The van der Waals surface area contributed by atoms with Crippen molar-refractivity contribution in [3.63, 3.8) is 0 Å². The molecule has 0 spiro atoms. The Labute approximate surface area is 77.7 Å². The molecular formula is C12H16. The highest BCUT2D eigenvalue weighted by Gasteiger charge is 2.01. The molecule has 0 saturated heterocycles. The Morgan fingerprint density at radius 1 is 1.58 bits per heavy atom. The normalized spacial score (nSPS) is 14.7. The molecule has 0 heteroatoms. The van der Waals surface area contributed by atoms with Crippen molar-refractivity contribution >= 4 is 0 Å². The minimum atomic E-state index is 0.134. The summed E-state index contributed by atoms with van der Waals surface area (Å²) in [4.78, 5) is 0. The fraction of sp³-hybridized carbons (Fsp3) is 0.333. The molecule has 0 aromatic heterocycles. The summed E-state index contributed by atoms with van der Waals surface area (Å²) in [6.07, 6.45) is 1.57. The second-order valence-corrected chi connectivity index (χ2v) is 2.88. The zero-order valence-corrected chi connectivity index (χ0v) is 7.29. The molecule has 0 nitrogen and oxygen atoms in total. The Morgan fingerprint density at radius 2 is 2.33 bits per heavy atom. The van der Waals surface area contributed by atoms with Crippen molar-refractivity contribution in [3.05, 3.63) is 48.5 Å². The first-order chi connectivity index (χ1) is 6.74. The number of rotatable bonds is 4. The van der Waals surface area contributed by atoms with E-state index in [-0.39, 0.29) is 5.92 Å². The molecule has 0 aliphatic heterocycles. The summed E-state index contributed by atoms with van der Waals surface area (Å²) < 4.78 is 14.7. The van der Waals surface area contributed by atoms with Gasteiger partial charge in [-0.15, -0.1) is 6.58 Å². The van der Waals surface area contributed by atoms with Crippen LogP contribution in [0, 0.1) is 5.92 Å². The topological polar surface area (TPSA) is 0 Å². The molecule has 1 rings (SSSR count). The summed E-state index contributed by atoms with van der Waals surface area (Å²) in [6.45, 7) is 4.02. The average molecular weight is 162 g/mol. The van der Waals surface area contributed by atoms with Crippen LogP contribution in [0.1, 0.15) is 21.6 Å². The predicted octanol–water partition coefficient (Wildman–Crippen LogP) is 3.44. The van der Waals surface area contributed by atoms with Crippen molar-refractivity contribution in [2.45, 2.75) is 19.7 Å². The van der Waals surface area contributed by atoms with Gasteiger partial charge >= 0.3 is 0 Å². The van der Waals surface area contributed by atoms with Crippen LogP contribution >= 0.6 is 0 Å². The fourth-order valence-electron chi connectivity index (χ4n) is 1.17. The lowest BCUT2D eigenvalue weighted by Gasteiger charge is -2.08. The van der Waals surface area contributed by atoms with E-state index in [2.05, 4.69) is 18.7 Å². The van der Waals surface area contributed by atoms with Crippen molar-refractivity contribution in [1.82, 2.24) is 0 Å². The summed E-state index contributed by atoms with van der Waals surface area (Å²) in [6, 6.07) is 10.5. The molecule has 0 aliphatic carbocycles. The lowest BCUT2D eigenvalue weighted by molar-refractivity contribution is 0.626. The van der Waals surface area contributed by atoms with Crippen LogP contribution in [0.3, 0.4) is 0 Å². The highest BCUT2D eigenvalue weighted by molar-refractivity contribution is 5.15. The van der Waals surface area contributed by atoms with E-state index < -0.39 is 0 Å². The third-order valence-electron chi connectivity index (χ3n) is 1.96. The van der Waals surface area contributed by atoms with Gasteiger partial charge in [-0.1, -0.05) is 43.3 Å². The monoisotopic (exact) mass is 162 g/mol. The van der Waals surface area contributed by atoms with Gasteiger partial charge in [-0.2, -0.15) is 0 Å². The van der Waals surface area contributed by atoms with Gasteiger partial charge in [0, 0.05) is 1.37 Å². The fourth-order valence-corrected chi connectivity index (χ4v) is 1.17. The summed E-state index contributed by atoms with van der Waals surface area (Å²) in [5.41, 5.74) is 1.22. The van der Waals surface area contributed by atoms with E-state index in [9.17, 15) is 0 Å². The Hall–Kier alpha value is -1.04. The van der Waals surface area contributed by atoms with Gasteiger partial charge in [0.05, 0.1) is 1.37 Å². The van der Waals surface area contributed by atoms with Gasteiger partial charge in [-0.3, -0.25) is 0 Å². The number of benzene rings is 1. The van der Waals surface area contributed by atoms with Crippen LogP contribution in [-0.2, 0) is 6.42 Å². The van der Waals surface area contributed by atoms with E-state index in [4.69, 9.17) is 2.74 Å². The molecule has 1 aromatic carbocycles. The molecule has 1 atom stereocenters. The maximum Gasteiger partial charge on any atom is 0.0573 e. The molecule has 0 bridgehead atoms. The van der Waals surface area contributed by atoms with E-state index in [0.29, 0.717) is 13.0 Å². The molecule has 0 amide bonds. The zero-order chi connectivity index (χ0) is 10.4. The predicted molar refractivity (Wildman–Crippen MR) is 54.1 cm³/mol. The molecule has 0 fully saturated rings. The summed E-state index contributed by atoms with van der Waals surface area (Å²) in [5.74, 6) is 0.134. The molecule has 64 valence electrons. The lowest BCUT2D eigenvalue weighted by Crippen LogP contribution is -1.98. The largest absolute Gasteiger partial charge is 0.103 e. The molecule has 0 saturated carbocycles. The van der Waals surface area contributed by atoms with Crippen molar-refractivity contribution in [3.8, 4) is 0 Å². The number of hydrogen-bond acceptors (Lipinski definition) is 0. The van der Waals surface area contributed by atoms with Gasteiger partial charge in [0.1, 0.15) is 0 Å². The van der Waals surface area contributed by atoms with Gasteiger partial charge in [0.25, 0.3) is 0 Å². The van der Waals surface area contributed by atoms with Crippen molar-refractivity contribution in [1.29, 1.82) is 0 Å². The smallest absolute Gasteiger partial charge is 0.0573 e. The van der Waals surface area contributed by atoms with Crippen molar-refractivity contribution in [2.24, 2.45) is 5.92 Å². The van der Waals surface area contributed by atoms with E-state index >= 15 is 0 Å². The SMILES string of the molecule is [2H]CCC(Cc1ccccc1)C([2H])=C. The Balaban J connectivity index is 2.60. The average Bonchev–Trinajstić information content (AvgIpc) is 2.18. The van der Waals surface area contributed by atoms with Crippen LogP contribution in [0.15, 0.2) is 43.0 Å². The first kappa shape index (κ1) is 6.47. The van der Waals surface area contributed by atoms with Crippen LogP contribution in [0.25, 0.3) is 0 Å². The first-order valence-electron chi connectivity index (χ1n) is 5.43. The zero-order valence-electron chi connectivity index (χ0n) is 9.29. The van der Waals surface area contributed by atoms with E-state index in [0.717, 1.165) is 12.8 Å². The molecule has 1 aromatic rings. The highest BCUT2D eigenvalue weighted by atomic mass is 14.1. The molecule has 0 aliphatic rings. The van der Waals surface area contributed by atoms with E-state index in [1.807, 2.05) is 18.2 Å². The minimum Gasteiger partial charge on any atom is -0.103 e. The lowest BCUT2D eigenvalue weighted by atomic mass is 9.97. The Morgan fingerprint density at radius 3 is 2.92 bits per heavy atom. The summed E-state index contributed by atoms with van der Waals surface area (Å²) in [7, 11) is 0. The van der Waals surface area contributed by atoms with Gasteiger partial charge in [0.15, 0.2) is 0 Å². The summed E-state index contributed by atoms with van der Waals surface area (Å²) in [5, 5.41) is 0. The second kappa shape index (κ2) is 4.76. The van der Waals surface area contributed by atoms with Crippen molar-refractivity contribution < 1.29 is 2.74 Å². The van der Waals surface area contributed by atoms with Gasteiger partial charge in [-0.25, -0.2) is 0 Å². The molecular weight excluding hydrogens is 144 g/mol. The van der Waals surface area contributed by atoms with Crippen LogP contribution in [0.4, 0.5) is 0 Å². The molecule has 12 heavy (non-hydrogen) atoms. The molecule has 0 N–H and O–H groups in total. The third-order valence-corrected chi connectivity index (χ3v) is 1.96. The molecule has 1 unspecified atom stereocenters. The van der Waals surface area contributed by atoms with Crippen molar-refractivity contribution in [2.75, 3.05) is 0 Å². The molecule has 0 radical (unpaired) electrons.